The second-order valence-electron chi connectivity index (χ2n) is 6.32. The summed E-state index contributed by atoms with van der Waals surface area (Å²) >= 11 is 0. The molecule has 11 heteroatoms. The average molecular weight is 459 g/mol. The molecule has 31 heavy (non-hydrogen) atoms. The Bertz CT molecular complexity index is 1330. The summed E-state index contributed by atoms with van der Waals surface area (Å²) in [6, 6.07) is 10.6. The molecule has 0 amide bonds. The summed E-state index contributed by atoms with van der Waals surface area (Å²) in [6.45, 7) is 0. The standard InChI is InChI=1S/C20H15FN6O2S.ClH/c21-17-7-12(5-6-15(17)13-8-24-19(23)25-9-13)16-3-1-2-4-18(16)30(28,29)20-26-10-14(22)11-27-20;/h1-11H,22H2,(H2,23,24,25);1H. The molecule has 8 nitrogen and oxygen atoms in total. The number of anilines is 2. The smallest absolute Gasteiger partial charge is 0.252 e. The van der Waals surface area contributed by atoms with Gasteiger partial charge in [0.15, 0.2) is 0 Å². The minimum atomic E-state index is -4.05. The van der Waals surface area contributed by atoms with E-state index in [0.29, 0.717) is 16.7 Å². The van der Waals surface area contributed by atoms with Crippen molar-refractivity contribution in [2.75, 3.05) is 11.5 Å². The molecule has 2 heterocycles. The third-order valence-corrected chi connectivity index (χ3v) is 5.95. The first-order valence-electron chi connectivity index (χ1n) is 8.66. The molecule has 0 bridgehead atoms. The molecule has 2 aromatic carbocycles. The van der Waals surface area contributed by atoms with Crippen molar-refractivity contribution < 1.29 is 12.8 Å². The molecule has 4 aromatic rings. The van der Waals surface area contributed by atoms with Crippen LogP contribution in [0.2, 0.25) is 0 Å². The number of nitrogens with two attached hydrogens (primary N) is 2. The van der Waals surface area contributed by atoms with Gasteiger partial charge in [-0.2, -0.15) is 0 Å². The molecular weight excluding hydrogens is 443 g/mol. The predicted molar refractivity (Wildman–Crippen MR) is 116 cm³/mol. The van der Waals surface area contributed by atoms with E-state index in [1.165, 1.54) is 43.0 Å². The SMILES string of the molecule is Cl.Nc1cnc(S(=O)(=O)c2ccccc2-c2ccc(-c3cnc(N)nc3)c(F)c2)nc1. The Balaban J connectivity index is 0.00000272. The second-order valence-corrected chi connectivity index (χ2v) is 8.13. The van der Waals surface area contributed by atoms with Crippen LogP contribution in [0.25, 0.3) is 22.3 Å². The number of benzene rings is 2. The molecule has 4 N–H and O–H groups in total. The molecule has 0 fully saturated rings. The highest BCUT2D eigenvalue weighted by molar-refractivity contribution is 7.91. The molecule has 4 rings (SSSR count). The Hall–Kier alpha value is -3.63. The highest BCUT2D eigenvalue weighted by Gasteiger charge is 2.25. The van der Waals surface area contributed by atoms with Crippen LogP contribution in [0.15, 0.2) is 77.3 Å². The molecule has 0 saturated carbocycles. The molecule has 0 aliphatic carbocycles. The number of nitrogen functional groups attached to an aromatic ring is 2. The number of nitrogens with zero attached hydrogens (tertiary/aromatic N) is 4. The van der Waals surface area contributed by atoms with E-state index < -0.39 is 15.7 Å². The number of hydrogen-bond donors (Lipinski definition) is 2. The van der Waals surface area contributed by atoms with Crippen molar-refractivity contribution in [3.63, 3.8) is 0 Å². The van der Waals surface area contributed by atoms with Gasteiger partial charge in [0, 0.05) is 29.1 Å². The van der Waals surface area contributed by atoms with Crippen molar-refractivity contribution in [1.82, 2.24) is 19.9 Å². The van der Waals surface area contributed by atoms with Gasteiger partial charge in [-0.3, -0.25) is 0 Å². The van der Waals surface area contributed by atoms with E-state index in [4.69, 9.17) is 11.5 Å². The molecule has 0 spiro atoms. The van der Waals surface area contributed by atoms with Gasteiger partial charge in [-0.05, 0) is 17.7 Å². The Morgan fingerprint density at radius 2 is 1.42 bits per heavy atom. The highest BCUT2D eigenvalue weighted by Crippen LogP contribution is 2.33. The van der Waals surface area contributed by atoms with Crippen LogP contribution < -0.4 is 11.5 Å². The van der Waals surface area contributed by atoms with E-state index in [0.717, 1.165) is 0 Å². The first kappa shape index (κ1) is 22.1. The van der Waals surface area contributed by atoms with Crippen LogP contribution in [0.5, 0.6) is 0 Å². The van der Waals surface area contributed by atoms with Gasteiger partial charge < -0.3 is 11.5 Å². The van der Waals surface area contributed by atoms with Crippen molar-refractivity contribution in [2.45, 2.75) is 10.1 Å². The fourth-order valence-electron chi connectivity index (χ4n) is 2.90. The zero-order chi connectivity index (χ0) is 21.3. The molecule has 0 aliphatic heterocycles. The molecule has 158 valence electrons. The van der Waals surface area contributed by atoms with Crippen LogP contribution in [0, 0.1) is 5.82 Å². The van der Waals surface area contributed by atoms with E-state index in [1.54, 1.807) is 24.3 Å². The van der Waals surface area contributed by atoms with Crippen LogP contribution >= 0.6 is 12.4 Å². The second kappa shape index (κ2) is 8.62. The molecule has 0 unspecified atom stereocenters. The van der Waals surface area contributed by atoms with E-state index >= 15 is 0 Å². The molecule has 0 aliphatic rings. The summed E-state index contributed by atoms with van der Waals surface area (Å²) in [5, 5.41) is -0.389. The normalized spacial score (nSPS) is 11.0. The topological polar surface area (TPSA) is 138 Å². The minimum Gasteiger partial charge on any atom is -0.396 e. The lowest BCUT2D eigenvalue weighted by Gasteiger charge is -2.11. The number of sulfone groups is 1. The van der Waals surface area contributed by atoms with Crippen molar-refractivity contribution in [1.29, 1.82) is 0 Å². The summed E-state index contributed by atoms with van der Waals surface area (Å²) in [5.74, 6) is -0.475. The Labute approximate surface area is 183 Å². The highest BCUT2D eigenvalue weighted by atomic mass is 35.5. The summed E-state index contributed by atoms with van der Waals surface area (Å²) in [5.41, 5.74) is 12.7. The van der Waals surface area contributed by atoms with Gasteiger partial charge in [-0.25, -0.2) is 32.7 Å². The van der Waals surface area contributed by atoms with Gasteiger partial charge in [-0.1, -0.05) is 30.3 Å². The number of rotatable bonds is 4. The maximum Gasteiger partial charge on any atom is 0.252 e. The quantitative estimate of drug-likeness (QED) is 0.445. The van der Waals surface area contributed by atoms with Gasteiger partial charge in [0.1, 0.15) is 5.82 Å². The van der Waals surface area contributed by atoms with E-state index in [9.17, 15) is 12.8 Å². The van der Waals surface area contributed by atoms with Crippen molar-refractivity contribution in [3.05, 3.63) is 73.1 Å². The first-order chi connectivity index (χ1) is 14.4. The van der Waals surface area contributed by atoms with Crippen molar-refractivity contribution in [2.24, 2.45) is 0 Å². The van der Waals surface area contributed by atoms with Crippen LogP contribution in [0.4, 0.5) is 16.0 Å². The molecule has 0 saturated heterocycles. The number of aromatic nitrogens is 4. The molecular formula is C20H16ClFN6O2S. The Kier molecular flexibility index (Phi) is 6.14. The number of hydrogen-bond acceptors (Lipinski definition) is 8. The summed E-state index contributed by atoms with van der Waals surface area (Å²) in [4.78, 5) is 15.3. The third-order valence-electron chi connectivity index (χ3n) is 4.33. The van der Waals surface area contributed by atoms with Crippen LogP contribution in [0.3, 0.4) is 0 Å². The van der Waals surface area contributed by atoms with Gasteiger partial charge in [-0.15, -0.1) is 12.4 Å². The molecule has 2 aromatic heterocycles. The summed E-state index contributed by atoms with van der Waals surface area (Å²) < 4.78 is 41.0. The lowest BCUT2D eigenvalue weighted by Crippen LogP contribution is -2.09. The first-order valence-corrected chi connectivity index (χ1v) is 10.1. The van der Waals surface area contributed by atoms with E-state index in [1.807, 2.05) is 0 Å². The fourth-order valence-corrected chi connectivity index (χ4v) is 4.21. The van der Waals surface area contributed by atoms with Crippen LogP contribution in [-0.4, -0.2) is 28.4 Å². The zero-order valence-corrected chi connectivity index (χ0v) is 17.4. The largest absolute Gasteiger partial charge is 0.396 e. The monoisotopic (exact) mass is 458 g/mol. The summed E-state index contributed by atoms with van der Waals surface area (Å²) in [6.07, 6.45) is 5.26. The lowest BCUT2D eigenvalue weighted by molar-refractivity contribution is 0.587. The van der Waals surface area contributed by atoms with Gasteiger partial charge in [0.25, 0.3) is 5.16 Å². The van der Waals surface area contributed by atoms with Crippen LogP contribution in [-0.2, 0) is 9.84 Å². The van der Waals surface area contributed by atoms with Crippen molar-refractivity contribution in [3.8, 4) is 22.3 Å². The maximum atomic E-state index is 14.8. The van der Waals surface area contributed by atoms with Crippen molar-refractivity contribution >= 4 is 33.9 Å². The Morgan fingerprint density at radius 3 is 2.06 bits per heavy atom. The van der Waals surface area contributed by atoms with E-state index in [2.05, 4.69) is 19.9 Å². The van der Waals surface area contributed by atoms with Gasteiger partial charge >= 0.3 is 0 Å². The number of halogens is 2. The lowest BCUT2D eigenvalue weighted by atomic mass is 10.0. The Morgan fingerprint density at radius 1 is 0.774 bits per heavy atom. The maximum absolute atomic E-state index is 14.8. The summed E-state index contributed by atoms with van der Waals surface area (Å²) in [7, 11) is -4.05. The zero-order valence-electron chi connectivity index (χ0n) is 15.8. The van der Waals surface area contributed by atoms with Gasteiger partial charge in [0.05, 0.1) is 23.0 Å². The fraction of sp³-hybridized carbons (Fsp3) is 0. The average Bonchev–Trinajstić information content (AvgIpc) is 2.75. The van der Waals surface area contributed by atoms with E-state index in [-0.39, 0.29) is 39.7 Å². The van der Waals surface area contributed by atoms with Crippen LogP contribution in [0.1, 0.15) is 0 Å². The minimum absolute atomic E-state index is 0. The molecule has 0 radical (unpaired) electrons. The third kappa shape index (κ3) is 4.30. The van der Waals surface area contributed by atoms with Gasteiger partial charge in [0.2, 0.25) is 15.8 Å². The predicted octanol–water partition coefficient (Wildman–Crippen LogP) is 3.16. The molecule has 0 atom stereocenters.